The van der Waals surface area contributed by atoms with Crippen LogP contribution in [0.5, 0.6) is 5.75 Å². The molecule has 0 aromatic heterocycles. The first-order valence-corrected chi connectivity index (χ1v) is 8.78. The highest BCUT2D eigenvalue weighted by Gasteiger charge is 2.16. The Morgan fingerprint density at radius 3 is 2.71 bits per heavy atom. The fourth-order valence-electron chi connectivity index (χ4n) is 2.25. The Kier molecular flexibility index (Phi) is 7.61. The molecule has 0 spiro atoms. The smallest absolute Gasteiger partial charge is 0.340 e. The van der Waals surface area contributed by atoms with E-state index in [-0.39, 0.29) is 22.6 Å². The molecule has 2 rings (SSSR count). The summed E-state index contributed by atoms with van der Waals surface area (Å²) in [7, 11) is 0. The number of nitrogens with zero attached hydrogens (tertiary/aromatic N) is 1. The highest BCUT2D eigenvalue weighted by Crippen LogP contribution is 2.18. The number of anilines is 2. The number of benzene rings is 2. The highest BCUT2D eigenvalue weighted by atomic mass is 16.5. The number of nitrogens with one attached hydrogen (secondary N) is 2. The Balaban J connectivity index is 2.11. The summed E-state index contributed by atoms with van der Waals surface area (Å²) >= 11 is 0. The van der Waals surface area contributed by atoms with Crippen LogP contribution < -0.4 is 10.6 Å². The van der Waals surface area contributed by atoms with E-state index in [4.69, 9.17) is 4.74 Å². The maximum atomic E-state index is 12.4. The molecule has 0 heterocycles. The zero-order chi connectivity index (χ0) is 20.4. The second-order valence-electron chi connectivity index (χ2n) is 5.85. The summed E-state index contributed by atoms with van der Waals surface area (Å²) < 4.78 is 5.19. The molecular formula is C21H21N3O4. The van der Waals surface area contributed by atoms with Crippen molar-refractivity contribution in [1.82, 2.24) is 0 Å². The summed E-state index contributed by atoms with van der Waals surface area (Å²) in [4.78, 5) is 24.6. The topological polar surface area (TPSA) is 111 Å². The second-order valence-corrected chi connectivity index (χ2v) is 5.85. The summed E-state index contributed by atoms with van der Waals surface area (Å²) in [6.45, 7) is 2.29. The molecule has 7 nitrogen and oxygen atoms in total. The van der Waals surface area contributed by atoms with Gasteiger partial charge in [0.2, 0.25) is 0 Å². The Morgan fingerprint density at radius 1 is 1.21 bits per heavy atom. The van der Waals surface area contributed by atoms with Gasteiger partial charge in [-0.15, -0.1) is 0 Å². The molecule has 0 atom stereocenters. The van der Waals surface area contributed by atoms with Gasteiger partial charge in [-0.3, -0.25) is 4.79 Å². The number of carbonyl (C=O) groups is 2. The van der Waals surface area contributed by atoms with E-state index in [1.807, 2.05) is 6.92 Å². The molecule has 0 saturated carbocycles. The molecule has 0 saturated heterocycles. The van der Waals surface area contributed by atoms with E-state index in [9.17, 15) is 20.0 Å². The van der Waals surface area contributed by atoms with Crippen LogP contribution >= 0.6 is 0 Å². The van der Waals surface area contributed by atoms with Crippen molar-refractivity contribution in [2.75, 3.05) is 17.2 Å². The van der Waals surface area contributed by atoms with E-state index in [1.54, 1.807) is 42.5 Å². The van der Waals surface area contributed by atoms with Crippen LogP contribution in [0.4, 0.5) is 11.4 Å². The van der Waals surface area contributed by atoms with Gasteiger partial charge in [0.15, 0.2) is 0 Å². The van der Waals surface area contributed by atoms with Gasteiger partial charge in [0.05, 0.1) is 17.9 Å². The van der Waals surface area contributed by atoms with Crippen LogP contribution in [-0.2, 0) is 9.53 Å². The lowest BCUT2D eigenvalue weighted by atomic mass is 10.1. The largest absolute Gasteiger partial charge is 0.508 e. The molecule has 0 fully saturated rings. The molecular weight excluding hydrogens is 358 g/mol. The first kappa shape index (κ1) is 20.5. The fourth-order valence-corrected chi connectivity index (χ4v) is 2.25. The van der Waals surface area contributed by atoms with Gasteiger partial charge in [-0.2, -0.15) is 5.26 Å². The molecule has 0 aliphatic rings. The lowest BCUT2D eigenvalue weighted by molar-refractivity contribution is -0.112. The molecule has 28 heavy (non-hydrogen) atoms. The van der Waals surface area contributed by atoms with Crippen molar-refractivity contribution in [3.63, 3.8) is 0 Å². The third-order valence-electron chi connectivity index (χ3n) is 3.72. The number of aromatic hydroxyl groups is 1. The number of ether oxygens (including phenoxy) is 1. The molecule has 0 aliphatic carbocycles. The zero-order valence-corrected chi connectivity index (χ0v) is 15.4. The molecule has 1 amide bonds. The van der Waals surface area contributed by atoms with Crippen LogP contribution in [0, 0.1) is 11.3 Å². The number of hydrogen-bond donors (Lipinski definition) is 3. The maximum Gasteiger partial charge on any atom is 0.340 e. The number of rotatable bonds is 8. The molecule has 2 aromatic rings. The number of para-hydroxylation sites is 1. The van der Waals surface area contributed by atoms with Crippen LogP contribution in [0.2, 0.25) is 0 Å². The van der Waals surface area contributed by atoms with E-state index in [2.05, 4.69) is 10.6 Å². The molecule has 3 N–H and O–H groups in total. The molecule has 0 radical (unpaired) electrons. The van der Waals surface area contributed by atoms with Crippen molar-refractivity contribution in [2.45, 2.75) is 19.8 Å². The van der Waals surface area contributed by atoms with E-state index in [0.29, 0.717) is 12.3 Å². The predicted octanol–water partition coefficient (Wildman–Crippen LogP) is 3.81. The van der Waals surface area contributed by atoms with Crippen LogP contribution in [0.15, 0.2) is 60.3 Å². The Morgan fingerprint density at radius 2 is 2.00 bits per heavy atom. The average molecular weight is 379 g/mol. The molecule has 7 heteroatoms. The fraction of sp³-hybridized carbons (Fsp3) is 0.190. The van der Waals surface area contributed by atoms with Gasteiger partial charge >= 0.3 is 5.97 Å². The molecule has 0 unspecified atom stereocenters. The van der Waals surface area contributed by atoms with Gasteiger partial charge in [-0.05, 0) is 30.7 Å². The van der Waals surface area contributed by atoms with Gasteiger partial charge in [0.1, 0.15) is 17.4 Å². The Hall–Kier alpha value is -3.79. The monoisotopic (exact) mass is 379 g/mol. The average Bonchev–Trinajstić information content (AvgIpc) is 2.69. The van der Waals surface area contributed by atoms with Gasteiger partial charge in [0, 0.05) is 18.0 Å². The van der Waals surface area contributed by atoms with Crippen LogP contribution in [0.3, 0.4) is 0 Å². The maximum absolute atomic E-state index is 12.4. The third kappa shape index (κ3) is 5.88. The van der Waals surface area contributed by atoms with Gasteiger partial charge in [0.25, 0.3) is 5.91 Å². The Bertz CT molecular complexity index is 916. The highest BCUT2D eigenvalue weighted by molar-refractivity contribution is 6.09. The summed E-state index contributed by atoms with van der Waals surface area (Å²) in [5.41, 5.74) is 0.788. The number of esters is 1. The SMILES string of the molecule is CCCCOC(=O)c1ccccc1NC(=O)/C(C#N)=C\Nc1cccc(O)c1. The van der Waals surface area contributed by atoms with Crippen LogP contribution in [-0.4, -0.2) is 23.6 Å². The number of amides is 1. The summed E-state index contributed by atoms with van der Waals surface area (Å²) in [5, 5.41) is 24.1. The van der Waals surface area contributed by atoms with Crippen molar-refractivity contribution in [3.05, 3.63) is 65.9 Å². The van der Waals surface area contributed by atoms with E-state index >= 15 is 0 Å². The van der Waals surface area contributed by atoms with Gasteiger partial charge < -0.3 is 20.5 Å². The van der Waals surface area contributed by atoms with Crippen molar-refractivity contribution >= 4 is 23.3 Å². The number of phenolic OH excluding ortho intramolecular Hbond substituents is 1. The lowest BCUT2D eigenvalue weighted by Gasteiger charge is -2.10. The second kappa shape index (κ2) is 10.4. The number of unbranched alkanes of at least 4 members (excludes halogenated alkanes) is 1. The Labute approximate surface area is 163 Å². The summed E-state index contributed by atoms with van der Waals surface area (Å²) in [6, 6.07) is 14.5. The minimum atomic E-state index is -0.677. The van der Waals surface area contributed by atoms with Crippen LogP contribution in [0.1, 0.15) is 30.1 Å². The number of hydrogen-bond acceptors (Lipinski definition) is 6. The zero-order valence-electron chi connectivity index (χ0n) is 15.4. The van der Waals surface area contributed by atoms with E-state index in [1.165, 1.54) is 18.3 Å². The van der Waals surface area contributed by atoms with Crippen molar-refractivity contribution in [1.29, 1.82) is 5.26 Å². The number of phenols is 1. The summed E-state index contributed by atoms with van der Waals surface area (Å²) in [6.07, 6.45) is 2.88. The third-order valence-corrected chi connectivity index (χ3v) is 3.72. The normalized spacial score (nSPS) is 10.6. The standard InChI is InChI=1S/C21H21N3O4/c1-2-3-11-28-21(27)18-9-4-5-10-19(18)24-20(26)15(13-22)14-23-16-7-6-8-17(25)12-16/h4-10,12,14,23,25H,2-3,11H2,1H3,(H,24,26)/b15-14-. The molecule has 0 bridgehead atoms. The van der Waals surface area contributed by atoms with Gasteiger partial charge in [-0.1, -0.05) is 31.5 Å². The first-order chi connectivity index (χ1) is 13.5. The lowest BCUT2D eigenvalue weighted by Crippen LogP contribution is -2.17. The van der Waals surface area contributed by atoms with Crippen molar-refractivity contribution < 1.29 is 19.4 Å². The minimum absolute atomic E-state index is 0.0527. The number of carbonyl (C=O) groups excluding carboxylic acids is 2. The van der Waals surface area contributed by atoms with Gasteiger partial charge in [-0.25, -0.2) is 4.79 Å². The van der Waals surface area contributed by atoms with Crippen molar-refractivity contribution in [3.8, 4) is 11.8 Å². The molecule has 144 valence electrons. The first-order valence-electron chi connectivity index (χ1n) is 8.78. The molecule has 0 aliphatic heterocycles. The minimum Gasteiger partial charge on any atom is -0.508 e. The van der Waals surface area contributed by atoms with E-state index in [0.717, 1.165) is 12.8 Å². The quantitative estimate of drug-likeness (QED) is 0.278. The van der Waals surface area contributed by atoms with Crippen molar-refractivity contribution in [2.24, 2.45) is 0 Å². The van der Waals surface area contributed by atoms with E-state index < -0.39 is 11.9 Å². The molecule has 2 aromatic carbocycles. The van der Waals surface area contributed by atoms with Crippen LogP contribution in [0.25, 0.3) is 0 Å². The predicted molar refractivity (Wildman–Crippen MR) is 106 cm³/mol. The number of nitriles is 1. The summed E-state index contributed by atoms with van der Waals surface area (Å²) in [5.74, 6) is -1.16.